The van der Waals surface area contributed by atoms with Crippen LogP contribution >= 0.6 is 11.6 Å². The Morgan fingerprint density at radius 1 is 1.20 bits per heavy atom. The van der Waals surface area contributed by atoms with E-state index in [0.717, 1.165) is 10.9 Å². The van der Waals surface area contributed by atoms with E-state index in [4.69, 9.17) is 11.6 Å². The smallest absolute Gasteiger partial charge is 0.387 e. The number of nitrogens with zero attached hydrogens (tertiary/aromatic N) is 1. The third kappa shape index (κ3) is 4.03. The number of ether oxygens (including phenoxy) is 1. The molecule has 0 radical (unpaired) electrons. The molecule has 1 N–H and O–H groups in total. The fourth-order valence-corrected chi connectivity index (χ4v) is 2.60. The number of alkyl halides is 2. The number of pyridine rings is 1. The van der Waals surface area contributed by atoms with Gasteiger partial charge in [0.25, 0.3) is 5.91 Å². The van der Waals surface area contributed by atoms with Gasteiger partial charge in [0.1, 0.15) is 5.75 Å². The van der Waals surface area contributed by atoms with Crippen molar-refractivity contribution in [2.24, 2.45) is 0 Å². The summed E-state index contributed by atoms with van der Waals surface area (Å²) in [5.74, 6) is -0.436. The zero-order chi connectivity index (χ0) is 18.0. The Bertz CT molecular complexity index is 948. The molecule has 0 aliphatic heterocycles. The second-order valence-electron chi connectivity index (χ2n) is 5.32. The average molecular weight is 363 g/mol. The first-order valence-corrected chi connectivity index (χ1v) is 7.73. The van der Waals surface area contributed by atoms with Crippen molar-refractivity contribution in [1.82, 2.24) is 4.98 Å². The van der Waals surface area contributed by atoms with E-state index in [1.807, 2.05) is 0 Å². The minimum Gasteiger partial charge on any atom is -0.435 e. The fraction of sp³-hybridized carbons (Fsp3) is 0.111. The summed E-state index contributed by atoms with van der Waals surface area (Å²) >= 11 is 5.98. The van der Waals surface area contributed by atoms with Crippen molar-refractivity contribution in [3.8, 4) is 5.75 Å². The van der Waals surface area contributed by atoms with Crippen molar-refractivity contribution >= 4 is 34.1 Å². The summed E-state index contributed by atoms with van der Waals surface area (Å²) in [6.07, 6.45) is 0. The minimum atomic E-state index is -2.93. The van der Waals surface area contributed by atoms with E-state index in [9.17, 15) is 13.6 Å². The molecule has 3 aromatic rings. The molecular weight excluding hydrogens is 350 g/mol. The maximum absolute atomic E-state index is 12.5. The normalized spacial score (nSPS) is 10.9. The SMILES string of the molecule is Cc1nc2ccc(Cl)cc2cc1C(=O)Nc1cccc(OC(F)F)c1. The third-order valence-corrected chi connectivity index (χ3v) is 3.76. The number of nitrogens with one attached hydrogen (secondary N) is 1. The number of anilines is 1. The second kappa shape index (κ2) is 7.03. The highest BCUT2D eigenvalue weighted by molar-refractivity contribution is 6.31. The molecule has 1 amide bonds. The first-order chi connectivity index (χ1) is 11.9. The van der Waals surface area contributed by atoms with Crippen molar-refractivity contribution in [3.63, 3.8) is 0 Å². The lowest BCUT2D eigenvalue weighted by molar-refractivity contribution is -0.0497. The van der Waals surface area contributed by atoms with E-state index >= 15 is 0 Å². The predicted molar refractivity (Wildman–Crippen MR) is 92.5 cm³/mol. The van der Waals surface area contributed by atoms with Crippen LogP contribution in [0.3, 0.4) is 0 Å². The van der Waals surface area contributed by atoms with Crippen molar-refractivity contribution in [2.75, 3.05) is 5.32 Å². The van der Waals surface area contributed by atoms with Gasteiger partial charge in [-0.1, -0.05) is 17.7 Å². The van der Waals surface area contributed by atoms with E-state index in [2.05, 4.69) is 15.0 Å². The summed E-state index contributed by atoms with van der Waals surface area (Å²) in [5.41, 5.74) is 1.99. The van der Waals surface area contributed by atoms with Crippen LogP contribution in [0.2, 0.25) is 5.02 Å². The summed E-state index contributed by atoms with van der Waals surface area (Å²) < 4.78 is 28.9. The topological polar surface area (TPSA) is 51.2 Å². The van der Waals surface area contributed by atoms with Crippen LogP contribution in [-0.4, -0.2) is 17.5 Å². The number of carbonyl (C=O) groups excluding carboxylic acids is 1. The van der Waals surface area contributed by atoms with Gasteiger partial charge in [-0.05, 0) is 43.3 Å². The van der Waals surface area contributed by atoms with Crippen molar-refractivity contribution < 1.29 is 18.3 Å². The molecule has 0 unspecified atom stereocenters. The van der Waals surface area contributed by atoms with Gasteiger partial charge in [0, 0.05) is 22.2 Å². The molecule has 0 bridgehead atoms. The monoisotopic (exact) mass is 362 g/mol. The summed E-state index contributed by atoms with van der Waals surface area (Å²) in [5, 5.41) is 3.93. The Labute approximate surface area is 147 Å². The minimum absolute atomic E-state index is 0.0343. The van der Waals surface area contributed by atoms with Gasteiger partial charge in [-0.3, -0.25) is 9.78 Å². The molecule has 1 heterocycles. The maximum Gasteiger partial charge on any atom is 0.387 e. The van der Waals surface area contributed by atoms with E-state index in [1.165, 1.54) is 18.2 Å². The number of fused-ring (bicyclic) bond motifs is 1. The summed E-state index contributed by atoms with van der Waals surface area (Å²) in [6, 6.07) is 12.7. The molecule has 0 atom stereocenters. The van der Waals surface area contributed by atoms with Gasteiger partial charge in [-0.25, -0.2) is 0 Å². The Balaban J connectivity index is 1.88. The lowest BCUT2D eigenvalue weighted by atomic mass is 10.1. The van der Waals surface area contributed by atoms with Crippen LogP contribution in [0.1, 0.15) is 16.1 Å². The molecule has 3 rings (SSSR count). The molecule has 25 heavy (non-hydrogen) atoms. The van der Waals surface area contributed by atoms with E-state index in [0.29, 0.717) is 22.0 Å². The number of halogens is 3. The number of rotatable bonds is 4. The average Bonchev–Trinajstić information content (AvgIpc) is 2.54. The van der Waals surface area contributed by atoms with Crippen LogP contribution in [0, 0.1) is 6.92 Å². The Kier molecular flexibility index (Phi) is 4.81. The molecule has 0 aliphatic rings. The first kappa shape index (κ1) is 17.1. The molecule has 7 heteroatoms. The lowest BCUT2D eigenvalue weighted by Crippen LogP contribution is -2.14. The van der Waals surface area contributed by atoms with Crippen LogP contribution in [0.4, 0.5) is 14.5 Å². The maximum atomic E-state index is 12.5. The fourth-order valence-electron chi connectivity index (χ4n) is 2.42. The van der Waals surface area contributed by atoms with Crippen LogP contribution < -0.4 is 10.1 Å². The van der Waals surface area contributed by atoms with Crippen molar-refractivity contribution in [3.05, 3.63) is 64.8 Å². The number of aryl methyl sites for hydroxylation is 1. The molecule has 4 nitrogen and oxygen atoms in total. The standard InChI is InChI=1S/C18H13ClF2N2O2/c1-10-15(8-11-7-12(19)5-6-16(11)22-10)17(24)23-13-3-2-4-14(9-13)25-18(20)21/h2-9,18H,1H3,(H,23,24). The van der Waals surface area contributed by atoms with E-state index < -0.39 is 12.5 Å². The molecule has 0 saturated carbocycles. The zero-order valence-electron chi connectivity index (χ0n) is 13.1. The number of hydrogen-bond acceptors (Lipinski definition) is 3. The molecule has 1 aromatic heterocycles. The lowest BCUT2D eigenvalue weighted by Gasteiger charge is -2.10. The van der Waals surface area contributed by atoms with Crippen LogP contribution in [0.15, 0.2) is 48.5 Å². The van der Waals surface area contributed by atoms with Crippen molar-refractivity contribution in [2.45, 2.75) is 13.5 Å². The number of aromatic nitrogens is 1. The molecule has 128 valence electrons. The highest BCUT2D eigenvalue weighted by atomic mass is 35.5. The molecule has 0 aliphatic carbocycles. The highest BCUT2D eigenvalue weighted by Crippen LogP contribution is 2.23. The quantitative estimate of drug-likeness (QED) is 0.706. The van der Waals surface area contributed by atoms with Gasteiger partial charge in [0.05, 0.1) is 16.8 Å². The van der Waals surface area contributed by atoms with Gasteiger partial charge in [0.15, 0.2) is 0 Å². The molecule has 0 spiro atoms. The summed E-state index contributed by atoms with van der Waals surface area (Å²) in [6.45, 7) is -1.21. The van der Waals surface area contributed by atoms with Gasteiger partial charge < -0.3 is 10.1 Å². The zero-order valence-corrected chi connectivity index (χ0v) is 13.8. The molecule has 2 aromatic carbocycles. The van der Waals surface area contributed by atoms with Gasteiger partial charge in [-0.15, -0.1) is 0 Å². The number of benzene rings is 2. The van der Waals surface area contributed by atoms with Crippen LogP contribution in [0.25, 0.3) is 10.9 Å². The van der Waals surface area contributed by atoms with Gasteiger partial charge in [-0.2, -0.15) is 8.78 Å². The Morgan fingerprint density at radius 2 is 2.00 bits per heavy atom. The Morgan fingerprint density at radius 3 is 2.76 bits per heavy atom. The third-order valence-electron chi connectivity index (χ3n) is 3.53. The van der Waals surface area contributed by atoms with Crippen molar-refractivity contribution in [1.29, 1.82) is 0 Å². The first-order valence-electron chi connectivity index (χ1n) is 7.35. The second-order valence-corrected chi connectivity index (χ2v) is 5.76. The predicted octanol–water partition coefficient (Wildman–Crippen LogP) is 5.05. The van der Waals surface area contributed by atoms with E-state index in [-0.39, 0.29) is 5.75 Å². The van der Waals surface area contributed by atoms with Gasteiger partial charge >= 0.3 is 6.61 Å². The largest absolute Gasteiger partial charge is 0.435 e. The molecule has 0 saturated heterocycles. The van der Waals surface area contributed by atoms with Crippen LogP contribution in [0.5, 0.6) is 5.75 Å². The number of amides is 1. The van der Waals surface area contributed by atoms with E-state index in [1.54, 1.807) is 37.3 Å². The summed E-state index contributed by atoms with van der Waals surface area (Å²) in [4.78, 5) is 16.9. The Hall–Kier alpha value is -2.73. The summed E-state index contributed by atoms with van der Waals surface area (Å²) in [7, 11) is 0. The highest BCUT2D eigenvalue weighted by Gasteiger charge is 2.13. The number of carbonyl (C=O) groups is 1. The van der Waals surface area contributed by atoms with Crippen LogP contribution in [-0.2, 0) is 0 Å². The number of hydrogen-bond donors (Lipinski definition) is 1. The molecule has 0 fully saturated rings. The molecular formula is C18H13ClF2N2O2. The van der Waals surface area contributed by atoms with Gasteiger partial charge in [0.2, 0.25) is 0 Å².